The van der Waals surface area contributed by atoms with Gasteiger partial charge in [0, 0.05) is 26.1 Å². The summed E-state index contributed by atoms with van der Waals surface area (Å²) in [6, 6.07) is 0. The molecule has 40 heavy (non-hydrogen) atoms. The number of carbonyl (C=O) groups excluding carboxylic acids is 3. The summed E-state index contributed by atoms with van der Waals surface area (Å²) in [5.74, 6) is -0.113. The lowest BCUT2D eigenvalue weighted by Gasteiger charge is -2.24. The van der Waals surface area contributed by atoms with Gasteiger partial charge in [0.25, 0.3) is 0 Å². The van der Waals surface area contributed by atoms with Gasteiger partial charge in [-0.1, -0.05) is 25.5 Å². The van der Waals surface area contributed by atoms with E-state index in [1.54, 1.807) is 0 Å². The smallest absolute Gasteiger partial charge is 0.233 e. The Labute approximate surface area is 238 Å². The van der Waals surface area contributed by atoms with Crippen molar-refractivity contribution in [1.82, 2.24) is 10.2 Å². The number of likely N-dealkylation sites (tertiary alicyclic amines) is 1. The zero-order valence-corrected chi connectivity index (χ0v) is 24.4. The molecule has 4 unspecified atom stereocenters. The van der Waals surface area contributed by atoms with Gasteiger partial charge < -0.3 is 33.7 Å². The van der Waals surface area contributed by atoms with Crippen LogP contribution >= 0.6 is 0 Å². The lowest BCUT2D eigenvalue weighted by Crippen LogP contribution is -2.37. The number of nitrogens with zero attached hydrogens (tertiary/aromatic N) is 1. The Hall–Kier alpha value is -1.89. The van der Waals surface area contributed by atoms with Crippen molar-refractivity contribution in [1.29, 1.82) is 0 Å². The first kappa shape index (κ1) is 32.6. The number of hydrogen-bond acceptors (Lipinski definition) is 9. The summed E-state index contributed by atoms with van der Waals surface area (Å²) in [6.07, 6.45) is 3.24. The fraction of sp³-hybridized carbons (Fsp3) is 0.828. The van der Waals surface area contributed by atoms with Crippen molar-refractivity contribution in [2.24, 2.45) is 29.6 Å². The van der Waals surface area contributed by atoms with E-state index < -0.39 is 0 Å². The van der Waals surface area contributed by atoms with E-state index in [0.29, 0.717) is 91.7 Å². The summed E-state index contributed by atoms with van der Waals surface area (Å²) >= 11 is 0. The number of nitrogens with one attached hydrogen (secondary N) is 1. The maximum absolute atomic E-state index is 13.0. The van der Waals surface area contributed by atoms with Crippen LogP contribution in [0, 0.1) is 29.6 Å². The average molecular weight is 569 g/mol. The van der Waals surface area contributed by atoms with Crippen LogP contribution in [0.15, 0.2) is 11.6 Å². The predicted octanol–water partition coefficient (Wildman–Crippen LogP) is 1.45. The number of rotatable bonds is 23. The molecule has 3 amide bonds. The number of carbonyl (C=O) groups is 3. The van der Waals surface area contributed by atoms with Gasteiger partial charge >= 0.3 is 0 Å². The van der Waals surface area contributed by atoms with Crippen LogP contribution in [0.4, 0.5) is 0 Å². The summed E-state index contributed by atoms with van der Waals surface area (Å²) in [5.41, 5.74) is 1.32. The predicted molar refractivity (Wildman–Crippen MR) is 146 cm³/mol. The molecule has 2 aliphatic carbocycles. The monoisotopic (exact) mass is 568 g/mol. The van der Waals surface area contributed by atoms with Crippen LogP contribution in [0.3, 0.4) is 0 Å². The molecular weight excluding hydrogens is 520 g/mol. The van der Waals surface area contributed by atoms with E-state index in [2.05, 4.69) is 25.2 Å². The minimum atomic E-state index is -0.231. The second-order valence-corrected chi connectivity index (χ2v) is 10.6. The third-order valence-corrected chi connectivity index (χ3v) is 7.61. The number of hydrogen-bond donors (Lipinski definition) is 1. The van der Waals surface area contributed by atoms with Gasteiger partial charge in [0.05, 0.1) is 84.5 Å². The van der Waals surface area contributed by atoms with Crippen molar-refractivity contribution < 1.29 is 42.8 Å². The largest absolute Gasteiger partial charge is 0.379 e. The van der Waals surface area contributed by atoms with E-state index in [-0.39, 0.29) is 54.4 Å². The number of amides is 3. The summed E-state index contributed by atoms with van der Waals surface area (Å²) in [7, 11) is 0. The van der Waals surface area contributed by atoms with Gasteiger partial charge in [-0.25, -0.2) is 0 Å². The van der Waals surface area contributed by atoms with Gasteiger partial charge in [-0.05, 0) is 31.1 Å². The van der Waals surface area contributed by atoms with Gasteiger partial charge in [0.1, 0.15) is 0 Å². The molecule has 2 bridgehead atoms. The number of ether oxygens (including phenoxy) is 6. The van der Waals surface area contributed by atoms with E-state index in [1.165, 1.54) is 10.5 Å². The third kappa shape index (κ3) is 9.60. The van der Waals surface area contributed by atoms with Gasteiger partial charge in [0.15, 0.2) is 0 Å². The first-order valence-corrected chi connectivity index (χ1v) is 14.8. The van der Waals surface area contributed by atoms with Crippen LogP contribution in [0.1, 0.15) is 33.6 Å². The zero-order valence-electron chi connectivity index (χ0n) is 24.4. The Morgan fingerprint density at radius 2 is 1.32 bits per heavy atom. The third-order valence-electron chi connectivity index (χ3n) is 7.61. The molecule has 2 fully saturated rings. The first-order chi connectivity index (χ1) is 19.5. The zero-order chi connectivity index (χ0) is 28.7. The van der Waals surface area contributed by atoms with Crippen molar-refractivity contribution in [2.45, 2.75) is 33.6 Å². The standard InChI is InChI=1S/C29H48N2O9/c1-4-35-9-10-37-13-14-39-17-18-40-16-15-38-12-11-36-8-6-30-25(32)5-7-31-28(33)26-22-19-23(21(2)3)24(20-22)27(26)29(31)34/h19,21-22,24,26-27H,4-18,20H2,1-3H3,(H,30,32). The van der Waals surface area contributed by atoms with Gasteiger partial charge in [0.2, 0.25) is 17.7 Å². The Morgan fingerprint density at radius 3 is 1.85 bits per heavy atom. The average Bonchev–Trinajstić information content (AvgIpc) is 3.60. The van der Waals surface area contributed by atoms with Crippen LogP contribution < -0.4 is 5.32 Å². The molecule has 0 aromatic carbocycles. The van der Waals surface area contributed by atoms with Crippen LogP contribution in [-0.2, 0) is 42.8 Å². The van der Waals surface area contributed by atoms with Crippen LogP contribution in [-0.4, -0.2) is 115 Å². The molecule has 1 saturated heterocycles. The molecule has 1 aliphatic heterocycles. The van der Waals surface area contributed by atoms with Gasteiger partial charge in [-0.15, -0.1) is 0 Å². The molecule has 3 rings (SSSR count). The maximum atomic E-state index is 13.0. The molecule has 3 aliphatic rings. The maximum Gasteiger partial charge on any atom is 0.233 e. The topological polar surface area (TPSA) is 122 Å². The first-order valence-electron chi connectivity index (χ1n) is 14.8. The fourth-order valence-electron chi connectivity index (χ4n) is 5.77. The lowest BCUT2D eigenvalue weighted by molar-refractivity contribution is -0.141. The van der Waals surface area contributed by atoms with Crippen LogP contribution in [0.5, 0.6) is 0 Å². The van der Waals surface area contributed by atoms with Gasteiger partial charge in [-0.2, -0.15) is 0 Å². The Bertz CT molecular complexity index is 834. The van der Waals surface area contributed by atoms with Crippen molar-refractivity contribution in [3.05, 3.63) is 11.6 Å². The van der Waals surface area contributed by atoms with E-state index in [1.807, 2.05) is 6.92 Å². The molecule has 0 aromatic heterocycles. The highest BCUT2D eigenvalue weighted by Gasteiger charge is 2.61. The highest BCUT2D eigenvalue weighted by molar-refractivity contribution is 6.06. The number of imide groups is 1. The SMILES string of the molecule is CCOCCOCCOCCOCCOCCOCCNC(=O)CCN1C(=O)C2C3C=C(C(C)C)C(C3)C2C1=O. The molecule has 228 valence electrons. The van der Waals surface area contributed by atoms with E-state index in [4.69, 9.17) is 28.4 Å². The quantitative estimate of drug-likeness (QED) is 0.111. The second-order valence-electron chi connectivity index (χ2n) is 10.6. The summed E-state index contributed by atoms with van der Waals surface area (Å²) in [6.45, 7) is 12.8. The minimum absolute atomic E-state index is 0.0986. The molecule has 11 nitrogen and oxygen atoms in total. The molecule has 0 aromatic rings. The highest BCUT2D eigenvalue weighted by atomic mass is 16.6. The fourth-order valence-corrected chi connectivity index (χ4v) is 5.77. The Kier molecular flexibility index (Phi) is 14.5. The van der Waals surface area contributed by atoms with Crippen molar-refractivity contribution in [3.63, 3.8) is 0 Å². The number of fused-ring (bicyclic) bond motifs is 5. The Balaban J connectivity index is 1.10. The molecule has 4 atom stereocenters. The molecule has 11 heteroatoms. The molecule has 1 heterocycles. The van der Waals surface area contributed by atoms with Crippen LogP contribution in [0.25, 0.3) is 0 Å². The normalized spacial score (nSPS) is 23.4. The second kappa shape index (κ2) is 17.8. The molecule has 1 N–H and O–H groups in total. The molecular formula is C29H48N2O9. The summed E-state index contributed by atoms with van der Waals surface area (Å²) < 4.78 is 32.3. The summed E-state index contributed by atoms with van der Waals surface area (Å²) in [4.78, 5) is 39.5. The van der Waals surface area contributed by atoms with E-state index >= 15 is 0 Å². The molecule has 0 radical (unpaired) electrons. The van der Waals surface area contributed by atoms with Crippen molar-refractivity contribution >= 4 is 17.7 Å². The van der Waals surface area contributed by atoms with E-state index in [9.17, 15) is 14.4 Å². The number of allylic oxidation sites excluding steroid dienone is 2. The summed E-state index contributed by atoms with van der Waals surface area (Å²) in [5, 5.41) is 2.78. The lowest BCUT2D eigenvalue weighted by atomic mass is 9.78. The van der Waals surface area contributed by atoms with Gasteiger partial charge in [-0.3, -0.25) is 19.3 Å². The van der Waals surface area contributed by atoms with Crippen molar-refractivity contribution in [3.8, 4) is 0 Å². The molecule has 1 saturated carbocycles. The molecule has 0 spiro atoms. The van der Waals surface area contributed by atoms with Crippen molar-refractivity contribution in [2.75, 3.05) is 92.4 Å². The van der Waals surface area contributed by atoms with Crippen LogP contribution in [0.2, 0.25) is 0 Å². The highest BCUT2D eigenvalue weighted by Crippen LogP contribution is 2.56. The van der Waals surface area contributed by atoms with E-state index in [0.717, 1.165) is 6.42 Å². The minimum Gasteiger partial charge on any atom is -0.379 e. The Morgan fingerprint density at radius 1 is 0.825 bits per heavy atom.